The van der Waals surface area contributed by atoms with E-state index in [0.29, 0.717) is 12.3 Å². The van der Waals surface area contributed by atoms with Crippen LogP contribution >= 0.6 is 11.6 Å². The van der Waals surface area contributed by atoms with Crippen molar-refractivity contribution in [3.63, 3.8) is 0 Å². The Morgan fingerprint density at radius 3 is 2.73 bits per heavy atom. The molecule has 1 aromatic heterocycles. The second kappa shape index (κ2) is 6.64. The first kappa shape index (κ1) is 16.7. The quantitative estimate of drug-likeness (QED) is 0.883. The summed E-state index contributed by atoms with van der Waals surface area (Å²) in [5.74, 6) is -0.406. The number of halogens is 2. The average molecular weight is 329 g/mol. The minimum absolute atomic E-state index is 0.0219. The van der Waals surface area contributed by atoms with Crippen molar-refractivity contribution < 1.29 is 19.0 Å². The number of hydrogen-bond donors (Lipinski definition) is 1. The minimum atomic E-state index is -0.656. The lowest BCUT2D eigenvalue weighted by atomic mass is 10.1. The van der Waals surface area contributed by atoms with Crippen molar-refractivity contribution in [2.24, 2.45) is 0 Å². The van der Waals surface area contributed by atoms with Crippen LogP contribution in [-0.2, 0) is 16.9 Å². The third-order valence-corrected chi connectivity index (χ3v) is 3.48. The van der Waals surface area contributed by atoms with Gasteiger partial charge in [0.15, 0.2) is 17.3 Å². The summed E-state index contributed by atoms with van der Waals surface area (Å²) in [6.45, 7) is 3.91. The van der Waals surface area contributed by atoms with Gasteiger partial charge in [-0.15, -0.1) is 0 Å². The van der Waals surface area contributed by atoms with Crippen molar-refractivity contribution in [2.75, 3.05) is 13.7 Å². The average Bonchev–Trinajstić information content (AvgIpc) is 2.87. The Morgan fingerprint density at radius 1 is 1.36 bits per heavy atom. The van der Waals surface area contributed by atoms with Gasteiger partial charge in [-0.25, -0.2) is 4.39 Å². The van der Waals surface area contributed by atoms with E-state index < -0.39 is 11.4 Å². The molecule has 0 aliphatic carbocycles. The Kier molecular flexibility index (Phi) is 5.05. The molecule has 120 valence electrons. The van der Waals surface area contributed by atoms with Crippen LogP contribution in [0.3, 0.4) is 0 Å². The predicted molar refractivity (Wildman–Crippen MR) is 80.8 cm³/mol. The fourth-order valence-corrected chi connectivity index (χ4v) is 2.37. The van der Waals surface area contributed by atoms with Gasteiger partial charge < -0.3 is 14.6 Å². The monoisotopic (exact) mass is 328 g/mol. The number of aromatic nitrogens is 2. The Labute approximate surface area is 133 Å². The molecule has 0 fully saturated rings. The van der Waals surface area contributed by atoms with Gasteiger partial charge in [0, 0.05) is 7.11 Å². The number of hydrogen-bond acceptors (Lipinski definition) is 4. The molecule has 0 saturated carbocycles. The molecule has 1 N–H and O–H groups in total. The van der Waals surface area contributed by atoms with Gasteiger partial charge in [0.25, 0.3) is 0 Å². The van der Waals surface area contributed by atoms with Crippen LogP contribution < -0.4 is 4.74 Å². The van der Waals surface area contributed by atoms with E-state index in [2.05, 4.69) is 5.10 Å². The van der Waals surface area contributed by atoms with Crippen LogP contribution in [0.25, 0.3) is 0 Å². The molecule has 0 bridgehead atoms. The van der Waals surface area contributed by atoms with Gasteiger partial charge in [-0.1, -0.05) is 17.7 Å². The maximum Gasteiger partial charge on any atom is 0.184 e. The lowest BCUT2D eigenvalue weighted by Gasteiger charge is -2.26. The number of nitrogens with zero attached hydrogens (tertiary/aromatic N) is 2. The summed E-state index contributed by atoms with van der Waals surface area (Å²) in [4.78, 5) is 0. The molecule has 2 aromatic rings. The van der Waals surface area contributed by atoms with E-state index in [-0.39, 0.29) is 23.1 Å². The van der Waals surface area contributed by atoms with Gasteiger partial charge in [-0.2, -0.15) is 5.10 Å². The third kappa shape index (κ3) is 3.24. The molecule has 0 saturated heterocycles. The first-order valence-corrected chi connectivity index (χ1v) is 7.07. The molecule has 1 aromatic carbocycles. The van der Waals surface area contributed by atoms with Crippen molar-refractivity contribution in [1.29, 1.82) is 0 Å². The number of aliphatic hydroxyl groups excluding tert-OH is 1. The Morgan fingerprint density at radius 2 is 2.09 bits per heavy atom. The zero-order chi connectivity index (χ0) is 16.3. The maximum absolute atomic E-state index is 13.9. The second-order valence-corrected chi connectivity index (χ2v) is 5.83. The van der Waals surface area contributed by atoms with Gasteiger partial charge in [0.05, 0.1) is 30.0 Å². The SMILES string of the molecule is COCC(C)(C)n1ncc(Oc2cccc(Cl)c2F)c1CO. The zero-order valence-corrected chi connectivity index (χ0v) is 13.4. The lowest BCUT2D eigenvalue weighted by Crippen LogP contribution is -2.34. The van der Waals surface area contributed by atoms with Gasteiger partial charge in [0.1, 0.15) is 5.69 Å². The predicted octanol–water partition coefficient (Wildman–Crippen LogP) is 3.34. The molecule has 1 heterocycles. The Bertz CT molecular complexity index is 658. The summed E-state index contributed by atoms with van der Waals surface area (Å²) in [5.41, 5.74) is -0.0529. The largest absolute Gasteiger partial charge is 0.451 e. The number of methoxy groups -OCH3 is 1. The van der Waals surface area contributed by atoms with Gasteiger partial charge in [-0.3, -0.25) is 4.68 Å². The van der Waals surface area contributed by atoms with Crippen LogP contribution in [0.15, 0.2) is 24.4 Å². The molecular formula is C15H18ClFN2O3. The second-order valence-electron chi connectivity index (χ2n) is 5.42. The highest BCUT2D eigenvalue weighted by Crippen LogP contribution is 2.32. The molecular weight excluding hydrogens is 311 g/mol. The highest BCUT2D eigenvalue weighted by atomic mass is 35.5. The van der Waals surface area contributed by atoms with Crippen molar-refractivity contribution >= 4 is 11.6 Å². The number of benzene rings is 1. The van der Waals surface area contributed by atoms with Crippen LogP contribution in [0.2, 0.25) is 5.02 Å². The maximum atomic E-state index is 13.9. The van der Waals surface area contributed by atoms with Gasteiger partial charge >= 0.3 is 0 Å². The topological polar surface area (TPSA) is 56.5 Å². The molecule has 0 radical (unpaired) electrons. The van der Waals surface area contributed by atoms with Crippen LogP contribution in [0.4, 0.5) is 4.39 Å². The molecule has 22 heavy (non-hydrogen) atoms. The van der Waals surface area contributed by atoms with E-state index in [4.69, 9.17) is 21.1 Å². The highest BCUT2D eigenvalue weighted by molar-refractivity contribution is 6.30. The molecule has 5 nitrogen and oxygen atoms in total. The van der Waals surface area contributed by atoms with Crippen molar-refractivity contribution in [2.45, 2.75) is 26.0 Å². The van der Waals surface area contributed by atoms with E-state index in [1.165, 1.54) is 18.3 Å². The summed E-state index contributed by atoms with van der Waals surface area (Å²) < 4.78 is 26.2. The molecule has 0 spiro atoms. The van der Waals surface area contributed by atoms with Crippen molar-refractivity contribution in [3.05, 3.63) is 40.9 Å². The van der Waals surface area contributed by atoms with Crippen LogP contribution in [0.1, 0.15) is 19.5 Å². The third-order valence-electron chi connectivity index (χ3n) is 3.19. The fourth-order valence-electron chi connectivity index (χ4n) is 2.21. The molecule has 0 aliphatic rings. The van der Waals surface area contributed by atoms with Gasteiger partial charge in [0.2, 0.25) is 0 Å². The van der Waals surface area contributed by atoms with Crippen LogP contribution in [-0.4, -0.2) is 28.6 Å². The van der Waals surface area contributed by atoms with E-state index in [9.17, 15) is 9.50 Å². The summed E-state index contributed by atoms with van der Waals surface area (Å²) in [6, 6.07) is 4.47. The standard InChI is InChI=1S/C15H18ClFN2O3/c1-15(2,9-21-3)19-11(8-20)13(7-18-19)22-12-6-4-5-10(16)14(12)17/h4-7,20H,8-9H2,1-3H3. The Balaban J connectivity index is 2.37. The smallest absolute Gasteiger partial charge is 0.184 e. The van der Waals surface area contributed by atoms with Crippen LogP contribution in [0.5, 0.6) is 11.5 Å². The number of rotatable bonds is 6. The zero-order valence-electron chi connectivity index (χ0n) is 12.6. The van der Waals surface area contributed by atoms with Crippen molar-refractivity contribution in [1.82, 2.24) is 9.78 Å². The molecule has 0 aliphatic heterocycles. The molecule has 0 atom stereocenters. The fraction of sp³-hybridized carbons (Fsp3) is 0.400. The summed E-state index contributed by atoms with van der Waals surface area (Å²) in [7, 11) is 1.59. The van der Waals surface area contributed by atoms with Crippen molar-refractivity contribution in [3.8, 4) is 11.5 Å². The minimum Gasteiger partial charge on any atom is -0.451 e. The number of aliphatic hydroxyl groups is 1. The highest BCUT2D eigenvalue weighted by Gasteiger charge is 2.26. The summed E-state index contributed by atoms with van der Waals surface area (Å²) >= 11 is 5.73. The Hall–Kier alpha value is -1.63. The molecule has 2 rings (SSSR count). The van der Waals surface area contributed by atoms with E-state index in [0.717, 1.165) is 0 Å². The normalized spacial score (nSPS) is 11.7. The van der Waals surface area contributed by atoms with E-state index >= 15 is 0 Å². The van der Waals surface area contributed by atoms with Crippen LogP contribution in [0, 0.1) is 5.82 Å². The molecule has 0 unspecified atom stereocenters. The summed E-state index contributed by atoms with van der Waals surface area (Å²) in [5, 5.41) is 13.8. The number of ether oxygens (including phenoxy) is 2. The van der Waals surface area contributed by atoms with E-state index in [1.54, 1.807) is 17.9 Å². The van der Waals surface area contributed by atoms with Gasteiger partial charge in [-0.05, 0) is 26.0 Å². The first-order chi connectivity index (χ1) is 10.4. The molecule has 0 amide bonds. The lowest BCUT2D eigenvalue weighted by molar-refractivity contribution is 0.0952. The molecule has 7 heteroatoms. The first-order valence-electron chi connectivity index (χ1n) is 6.69. The van der Waals surface area contributed by atoms with E-state index in [1.807, 2.05) is 13.8 Å². The summed E-state index contributed by atoms with van der Waals surface area (Å²) in [6.07, 6.45) is 1.43.